The van der Waals surface area contributed by atoms with Crippen LogP contribution in [0.3, 0.4) is 0 Å². The molecule has 1 fully saturated rings. The number of anilines is 1. The van der Waals surface area contributed by atoms with Gasteiger partial charge in [0.1, 0.15) is 5.75 Å². The quantitative estimate of drug-likeness (QED) is 0.225. The fourth-order valence-electron chi connectivity index (χ4n) is 3.44. The molecule has 11 heteroatoms. The van der Waals surface area contributed by atoms with Gasteiger partial charge in [-0.15, -0.1) is 0 Å². The molecule has 1 aliphatic rings. The van der Waals surface area contributed by atoms with Crippen molar-refractivity contribution < 1.29 is 33.3 Å². The first-order valence-corrected chi connectivity index (χ1v) is 12.1. The van der Waals surface area contributed by atoms with Crippen molar-refractivity contribution in [3.63, 3.8) is 0 Å². The van der Waals surface area contributed by atoms with E-state index in [-0.39, 0.29) is 25.2 Å². The van der Waals surface area contributed by atoms with E-state index >= 15 is 0 Å². The van der Waals surface area contributed by atoms with Gasteiger partial charge in [0.2, 0.25) is 0 Å². The Kier molecular flexibility index (Phi) is 10.7. The second-order valence-electron chi connectivity index (χ2n) is 7.98. The van der Waals surface area contributed by atoms with E-state index in [0.717, 1.165) is 18.6 Å². The van der Waals surface area contributed by atoms with Crippen molar-refractivity contribution in [2.75, 3.05) is 38.3 Å². The first-order chi connectivity index (χ1) is 18.0. The summed E-state index contributed by atoms with van der Waals surface area (Å²) < 4.78 is 22.1. The smallest absolute Gasteiger partial charge is 0.329 e. The average Bonchev–Trinajstić information content (AvgIpc) is 3.42. The van der Waals surface area contributed by atoms with Crippen LogP contribution in [0.2, 0.25) is 0 Å². The minimum absolute atomic E-state index is 0.0590. The summed E-state index contributed by atoms with van der Waals surface area (Å²) in [5.41, 5.74) is 3.40. The van der Waals surface area contributed by atoms with Gasteiger partial charge in [0.25, 0.3) is 5.91 Å². The molecule has 3 amide bonds. The van der Waals surface area contributed by atoms with Crippen LogP contribution in [-0.4, -0.2) is 63.0 Å². The molecule has 11 nitrogen and oxygen atoms in total. The Morgan fingerprint density at radius 1 is 1.00 bits per heavy atom. The van der Waals surface area contributed by atoms with E-state index in [1.165, 1.54) is 6.21 Å². The van der Waals surface area contributed by atoms with Crippen LogP contribution in [0.4, 0.5) is 5.69 Å². The molecule has 2 aromatic carbocycles. The molecule has 0 spiro atoms. The van der Waals surface area contributed by atoms with Crippen molar-refractivity contribution in [1.82, 2.24) is 10.7 Å². The normalized spacial score (nSPS) is 14.7. The zero-order chi connectivity index (χ0) is 26.5. The summed E-state index contributed by atoms with van der Waals surface area (Å²) in [5.74, 6) is -0.497. The molecule has 0 aliphatic carbocycles. The first-order valence-electron chi connectivity index (χ1n) is 12.1. The molecule has 0 radical (unpaired) electrons. The highest BCUT2D eigenvalue weighted by Gasteiger charge is 2.19. The maximum atomic E-state index is 12.3. The van der Waals surface area contributed by atoms with Gasteiger partial charge in [0.15, 0.2) is 18.1 Å². The lowest BCUT2D eigenvalue weighted by Crippen LogP contribution is -2.41. The second kappa shape index (κ2) is 14.4. The predicted molar refractivity (Wildman–Crippen MR) is 137 cm³/mol. The van der Waals surface area contributed by atoms with E-state index in [9.17, 15) is 14.4 Å². The SMILES string of the molecule is CCOc1ccc(NC(=O)COc2ccc(/C=N\NC(=O)C(=O)NC[C@@H]3CCCO3)cc2OCC)cc1. The highest BCUT2D eigenvalue weighted by Crippen LogP contribution is 2.28. The van der Waals surface area contributed by atoms with Crippen molar-refractivity contribution in [3.8, 4) is 17.2 Å². The Morgan fingerprint density at radius 2 is 1.78 bits per heavy atom. The molecule has 37 heavy (non-hydrogen) atoms. The van der Waals surface area contributed by atoms with E-state index < -0.39 is 11.8 Å². The van der Waals surface area contributed by atoms with Gasteiger partial charge >= 0.3 is 11.8 Å². The summed E-state index contributed by atoms with van der Waals surface area (Å²) in [5, 5.41) is 9.11. The van der Waals surface area contributed by atoms with Crippen LogP contribution in [0, 0.1) is 0 Å². The second-order valence-corrected chi connectivity index (χ2v) is 7.98. The minimum Gasteiger partial charge on any atom is -0.494 e. The van der Waals surface area contributed by atoms with Gasteiger partial charge in [-0.2, -0.15) is 5.10 Å². The summed E-state index contributed by atoms with van der Waals surface area (Å²) in [4.78, 5) is 36.1. The highest BCUT2D eigenvalue weighted by atomic mass is 16.5. The molecule has 3 rings (SSSR count). The van der Waals surface area contributed by atoms with Crippen LogP contribution in [-0.2, 0) is 19.1 Å². The van der Waals surface area contributed by atoms with Gasteiger partial charge < -0.3 is 29.6 Å². The molecule has 3 N–H and O–H groups in total. The third kappa shape index (κ3) is 9.12. The van der Waals surface area contributed by atoms with E-state index in [4.69, 9.17) is 18.9 Å². The topological polar surface area (TPSA) is 137 Å². The molecule has 0 unspecified atom stereocenters. The number of carbonyl (C=O) groups is 3. The van der Waals surface area contributed by atoms with E-state index in [2.05, 4.69) is 21.2 Å². The Balaban J connectivity index is 1.49. The molecule has 0 saturated carbocycles. The summed E-state index contributed by atoms with van der Waals surface area (Å²) in [7, 11) is 0. The predicted octanol–water partition coefficient (Wildman–Crippen LogP) is 2.25. The van der Waals surface area contributed by atoms with Gasteiger partial charge in [-0.3, -0.25) is 14.4 Å². The van der Waals surface area contributed by atoms with Gasteiger partial charge in [-0.05, 0) is 74.7 Å². The third-order valence-electron chi connectivity index (χ3n) is 5.18. The van der Waals surface area contributed by atoms with Crippen LogP contribution >= 0.6 is 0 Å². The van der Waals surface area contributed by atoms with Crippen LogP contribution in [0.1, 0.15) is 32.3 Å². The maximum absolute atomic E-state index is 12.3. The van der Waals surface area contributed by atoms with E-state index in [1.54, 1.807) is 42.5 Å². The van der Waals surface area contributed by atoms with Crippen molar-refractivity contribution >= 4 is 29.6 Å². The van der Waals surface area contributed by atoms with Gasteiger partial charge in [0, 0.05) is 18.8 Å². The zero-order valence-electron chi connectivity index (χ0n) is 21.0. The molecule has 198 valence electrons. The molecule has 1 aliphatic heterocycles. The van der Waals surface area contributed by atoms with Crippen LogP contribution in [0.25, 0.3) is 0 Å². The van der Waals surface area contributed by atoms with Crippen molar-refractivity contribution in [2.45, 2.75) is 32.8 Å². The number of amides is 3. The van der Waals surface area contributed by atoms with E-state index in [0.29, 0.717) is 42.6 Å². The van der Waals surface area contributed by atoms with Crippen LogP contribution < -0.4 is 30.3 Å². The number of carbonyl (C=O) groups excluding carboxylic acids is 3. The Bertz CT molecular complexity index is 1080. The number of hydrogen-bond acceptors (Lipinski definition) is 8. The Labute approximate surface area is 215 Å². The summed E-state index contributed by atoms with van der Waals surface area (Å²) in [6.07, 6.45) is 3.11. The zero-order valence-corrected chi connectivity index (χ0v) is 21.0. The molecular formula is C26H32N4O7. The number of hydrazone groups is 1. The monoisotopic (exact) mass is 512 g/mol. The first kappa shape index (κ1) is 27.5. The third-order valence-corrected chi connectivity index (χ3v) is 5.18. The molecular weight excluding hydrogens is 480 g/mol. The van der Waals surface area contributed by atoms with Gasteiger partial charge in [0.05, 0.1) is 25.5 Å². The summed E-state index contributed by atoms with van der Waals surface area (Å²) in [6, 6.07) is 12.0. The number of rotatable bonds is 12. The number of nitrogens with one attached hydrogen (secondary N) is 3. The Morgan fingerprint density at radius 3 is 2.49 bits per heavy atom. The fourth-order valence-corrected chi connectivity index (χ4v) is 3.44. The van der Waals surface area contributed by atoms with Crippen LogP contribution in [0.5, 0.6) is 17.2 Å². The number of nitrogens with zero attached hydrogens (tertiary/aromatic N) is 1. The molecule has 0 aromatic heterocycles. The molecule has 1 heterocycles. The Hall–Kier alpha value is -4.12. The van der Waals surface area contributed by atoms with E-state index in [1.807, 2.05) is 13.8 Å². The lowest BCUT2D eigenvalue weighted by molar-refractivity contribution is -0.139. The van der Waals surface area contributed by atoms with Gasteiger partial charge in [-0.1, -0.05) is 0 Å². The standard InChI is InChI=1S/C26H32N4O7/c1-3-34-20-10-8-19(9-11-20)29-24(31)17-37-22-12-7-18(14-23(22)35-4-2)15-28-30-26(33)25(32)27-16-21-6-5-13-36-21/h7-12,14-15,21H,3-6,13,16-17H2,1-2H3,(H,27,32)(H,29,31)(H,30,33)/b28-15-/t21-/m0/s1. The molecule has 2 aromatic rings. The van der Waals surface area contributed by atoms with Crippen molar-refractivity contribution in [1.29, 1.82) is 0 Å². The number of benzene rings is 2. The minimum atomic E-state index is -0.877. The summed E-state index contributed by atoms with van der Waals surface area (Å²) in [6.45, 7) is 5.38. The maximum Gasteiger partial charge on any atom is 0.329 e. The van der Waals surface area contributed by atoms with Crippen molar-refractivity contribution in [2.24, 2.45) is 5.10 Å². The highest BCUT2D eigenvalue weighted by molar-refractivity contribution is 6.35. The van der Waals surface area contributed by atoms with Crippen molar-refractivity contribution in [3.05, 3.63) is 48.0 Å². The fraction of sp³-hybridized carbons (Fsp3) is 0.385. The van der Waals surface area contributed by atoms with Gasteiger partial charge in [-0.25, -0.2) is 5.43 Å². The largest absolute Gasteiger partial charge is 0.494 e. The molecule has 1 atom stereocenters. The lowest BCUT2D eigenvalue weighted by Gasteiger charge is -2.13. The van der Waals surface area contributed by atoms with Crippen LogP contribution in [0.15, 0.2) is 47.6 Å². The molecule has 0 bridgehead atoms. The lowest BCUT2D eigenvalue weighted by atomic mass is 10.2. The number of hydrogen-bond donors (Lipinski definition) is 3. The number of ether oxygens (including phenoxy) is 4. The molecule has 1 saturated heterocycles. The summed E-state index contributed by atoms with van der Waals surface area (Å²) >= 11 is 0. The average molecular weight is 513 g/mol.